The molecule has 31 heavy (non-hydrogen) atoms. The summed E-state index contributed by atoms with van der Waals surface area (Å²) in [7, 11) is 0. The first-order valence-corrected chi connectivity index (χ1v) is 11.8. The van der Waals surface area contributed by atoms with Gasteiger partial charge in [0.25, 0.3) is 0 Å². The molecule has 3 N–H and O–H groups in total. The number of nitrogens with one attached hydrogen (secondary N) is 3. The molecule has 0 aliphatic carbocycles. The van der Waals surface area contributed by atoms with E-state index in [2.05, 4.69) is 50.3 Å². The van der Waals surface area contributed by atoms with E-state index in [-0.39, 0.29) is 5.91 Å². The van der Waals surface area contributed by atoms with Gasteiger partial charge in [0.15, 0.2) is 5.96 Å². The number of aliphatic imine (C=N–C) groups is 1. The number of carbonyl (C=O) groups is 1. The van der Waals surface area contributed by atoms with Gasteiger partial charge < -0.3 is 20.7 Å². The fourth-order valence-electron chi connectivity index (χ4n) is 3.33. The fourth-order valence-corrected chi connectivity index (χ4v) is 4.04. The summed E-state index contributed by atoms with van der Waals surface area (Å²) < 4.78 is 5.35. The first-order chi connectivity index (χ1) is 15.2. The smallest absolute Gasteiger partial charge is 0.225 e. The average molecular weight is 444 g/mol. The van der Waals surface area contributed by atoms with Gasteiger partial charge in [0.1, 0.15) is 0 Å². The molecule has 2 aromatic rings. The number of benzene rings is 1. The predicted octanol–water partition coefficient (Wildman–Crippen LogP) is 2.71. The molecule has 1 amide bonds. The van der Waals surface area contributed by atoms with Crippen LogP contribution in [0.5, 0.6) is 0 Å². The highest BCUT2D eigenvalue weighted by atomic mass is 32.1. The number of amides is 1. The van der Waals surface area contributed by atoms with E-state index >= 15 is 0 Å². The highest BCUT2D eigenvalue weighted by Gasteiger charge is 2.12. The number of morpholine rings is 1. The minimum Gasteiger partial charge on any atom is -0.379 e. The molecule has 1 fully saturated rings. The van der Waals surface area contributed by atoms with E-state index in [1.807, 2.05) is 24.3 Å². The lowest BCUT2D eigenvalue weighted by molar-refractivity contribution is -0.116. The second-order valence-electron chi connectivity index (χ2n) is 7.40. The van der Waals surface area contributed by atoms with Crippen molar-refractivity contribution in [3.63, 3.8) is 0 Å². The maximum atomic E-state index is 12.3. The van der Waals surface area contributed by atoms with Gasteiger partial charge in [-0.1, -0.05) is 18.2 Å². The van der Waals surface area contributed by atoms with E-state index in [9.17, 15) is 4.79 Å². The van der Waals surface area contributed by atoms with Crippen molar-refractivity contribution in [2.45, 2.75) is 26.3 Å². The molecular weight excluding hydrogens is 410 g/mol. The van der Waals surface area contributed by atoms with Gasteiger partial charge in [0, 0.05) is 49.7 Å². The third-order valence-corrected chi connectivity index (χ3v) is 5.91. The van der Waals surface area contributed by atoms with Gasteiger partial charge in [-0.3, -0.25) is 9.69 Å². The van der Waals surface area contributed by atoms with Crippen molar-refractivity contribution >= 4 is 28.9 Å². The third kappa shape index (κ3) is 8.69. The molecule has 3 rings (SSSR count). The molecule has 1 saturated heterocycles. The summed E-state index contributed by atoms with van der Waals surface area (Å²) in [6.45, 7) is 8.32. The van der Waals surface area contributed by atoms with Crippen LogP contribution in [-0.2, 0) is 22.5 Å². The van der Waals surface area contributed by atoms with Crippen LogP contribution in [0.3, 0.4) is 0 Å². The van der Waals surface area contributed by atoms with Crippen LogP contribution in [0.1, 0.15) is 23.8 Å². The van der Waals surface area contributed by atoms with Gasteiger partial charge in [0.2, 0.25) is 5.91 Å². The number of hydrogen-bond donors (Lipinski definition) is 3. The molecule has 0 bridgehead atoms. The second kappa shape index (κ2) is 13.1. The van der Waals surface area contributed by atoms with E-state index in [0.717, 1.165) is 69.6 Å². The molecule has 1 aromatic heterocycles. The first kappa shape index (κ1) is 23.2. The van der Waals surface area contributed by atoms with Gasteiger partial charge in [-0.05, 0) is 42.5 Å². The van der Waals surface area contributed by atoms with Gasteiger partial charge in [-0.2, -0.15) is 0 Å². The van der Waals surface area contributed by atoms with Crippen molar-refractivity contribution in [1.29, 1.82) is 0 Å². The zero-order valence-electron chi connectivity index (χ0n) is 18.2. The van der Waals surface area contributed by atoms with Crippen LogP contribution in [0.2, 0.25) is 0 Å². The maximum absolute atomic E-state index is 12.3. The molecule has 1 aromatic carbocycles. The largest absolute Gasteiger partial charge is 0.379 e. The van der Waals surface area contributed by atoms with E-state index in [0.29, 0.717) is 13.0 Å². The Balaban J connectivity index is 1.46. The van der Waals surface area contributed by atoms with Crippen LogP contribution in [0, 0.1) is 0 Å². The summed E-state index contributed by atoms with van der Waals surface area (Å²) in [5.74, 6) is 0.842. The second-order valence-corrected chi connectivity index (χ2v) is 8.44. The molecule has 1 aliphatic heterocycles. The van der Waals surface area contributed by atoms with Crippen molar-refractivity contribution in [1.82, 2.24) is 15.5 Å². The standard InChI is InChI=1S/C23H33N5O2S/c1-2-24-23(25-10-8-21-7-4-16-31-21)26-18-19-5-3-6-20(17-19)27-22(29)9-11-28-12-14-30-15-13-28/h3-7,16-17H,2,8-15,18H2,1H3,(H,27,29)(H2,24,25,26). The van der Waals surface area contributed by atoms with Gasteiger partial charge in [-0.15, -0.1) is 11.3 Å². The van der Waals surface area contributed by atoms with Gasteiger partial charge in [-0.25, -0.2) is 4.99 Å². The molecule has 0 saturated carbocycles. The number of hydrogen-bond acceptors (Lipinski definition) is 5. The Labute approximate surface area is 188 Å². The number of thiophene rings is 1. The quantitative estimate of drug-likeness (QED) is 0.389. The Morgan fingerprint density at radius 2 is 2.06 bits per heavy atom. The van der Waals surface area contributed by atoms with Crippen LogP contribution in [0.4, 0.5) is 5.69 Å². The lowest BCUT2D eigenvalue weighted by atomic mass is 10.2. The van der Waals surface area contributed by atoms with Crippen molar-refractivity contribution in [3.8, 4) is 0 Å². The highest BCUT2D eigenvalue weighted by molar-refractivity contribution is 7.09. The topological polar surface area (TPSA) is 78.0 Å². The predicted molar refractivity (Wildman–Crippen MR) is 128 cm³/mol. The SMILES string of the molecule is CCNC(=NCc1cccc(NC(=O)CCN2CCOCC2)c1)NCCc1cccs1. The molecule has 1 aliphatic rings. The molecule has 0 spiro atoms. The van der Waals surface area contributed by atoms with Crippen LogP contribution < -0.4 is 16.0 Å². The van der Waals surface area contributed by atoms with Crippen LogP contribution >= 0.6 is 11.3 Å². The van der Waals surface area contributed by atoms with Gasteiger partial charge >= 0.3 is 0 Å². The Morgan fingerprint density at radius 3 is 2.84 bits per heavy atom. The minimum atomic E-state index is 0.0377. The number of anilines is 1. The summed E-state index contributed by atoms with van der Waals surface area (Å²) in [6.07, 6.45) is 1.47. The van der Waals surface area contributed by atoms with Crippen molar-refractivity contribution in [2.75, 3.05) is 51.3 Å². The van der Waals surface area contributed by atoms with Crippen LogP contribution in [0.15, 0.2) is 46.8 Å². The summed E-state index contributed by atoms with van der Waals surface area (Å²) in [5.41, 5.74) is 1.87. The first-order valence-electron chi connectivity index (χ1n) is 11.0. The van der Waals surface area contributed by atoms with E-state index in [1.54, 1.807) is 11.3 Å². The fraction of sp³-hybridized carbons (Fsp3) is 0.478. The van der Waals surface area contributed by atoms with E-state index in [1.165, 1.54) is 4.88 Å². The van der Waals surface area contributed by atoms with Crippen molar-refractivity contribution in [2.24, 2.45) is 4.99 Å². The Kier molecular flexibility index (Phi) is 9.82. The zero-order chi connectivity index (χ0) is 21.7. The molecular formula is C23H33N5O2S. The number of ether oxygens (including phenoxy) is 1. The number of nitrogens with zero attached hydrogens (tertiary/aromatic N) is 2. The maximum Gasteiger partial charge on any atom is 0.225 e. The summed E-state index contributed by atoms with van der Waals surface area (Å²) >= 11 is 1.77. The average Bonchev–Trinajstić information content (AvgIpc) is 3.31. The van der Waals surface area contributed by atoms with E-state index < -0.39 is 0 Å². The van der Waals surface area contributed by atoms with Crippen LogP contribution in [0.25, 0.3) is 0 Å². The number of guanidine groups is 1. The molecule has 8 heteroatoms. The molecule has 168 valence electrons. The van der Waals surface area contributed by atoms with Crippen LogP contribution in [-0.4, -0.2) is 62.7 Å². The highest BCUT2D eigenvalue weighted by Crippen LogP contribution is 2.12. The van der Waals surface area contributed by atoms with E-state index in [4.69, 9.17) is 4.74 Å². The summed E-state index contributed by atoms with van der Waals surface area (Å²) in [5, 5.41) is 11.8. The lowest BCUT2D eigenvalue weighted by Gasteiger charge is -2.26. The normalized spacial score (nSPS) is 14.9. The summed E-state index contributed by atoms with van der Waals surface area (Å²) in [4.78, 5) is 20.6. The molecule has 0 unspecified atom stereocenters. The third-order valence-electron chi connectivity index (χ3n) is 4.98. The molecule has 0 atom stereocenters. The number of rotatable bonds is 10. The molecule has 0 radical (unpaired) electrons. The van der Waals surface area contributed by atoms with Crippen molar-refractivity contribution in [3.05, 3.63) is 52.2 Å². The van der Waals surface area contributed by atoms with Crippen molar-refractivity contribution < 1.29 is 9.53 Å². The molecule has 7 nitrogen and oxygen atoms in total. The lowest BCUT2D eigenvalue weighted by Crippen LogP contribution is -2.38. The minimum absolute atomic E-state index is 0.0377. The Bertz CT molecular complexity index is 819. The zero-order valence-corrected chi connectivity index (χ0v) is 19.0. The Hall–Kier alpha value is -2.42. The Morgan fingerprint density at radius 1 is 1.19 bits per heavy atom. The summed E-state index contributed by atoms with van der Waals surface area (Å²) in [6, 6.07) is 12.1. The van der Waals surface area contributed by atoms with Gasteiger partial charge in [0.05, 0.1) is 19.8 Å². The number of carbonyl (C=O) groups excluding carboxylic acids is 1. The monoisotopic (exact) mass is 443 g/mol. The molecule has 2 heterocycles.